The molecule has 0 radical (unpaired) electrons. The van der Waals surface area contributed by atoms with E-state index in [1.165, 1.54) is 48.0 Å². The van der Waals surface area contributed by atoms with Crippen molar-refractivity contribution >= 4 is 13.1 Å². The second kappa shape index (κ2) is 10.3. The molecule has 1 aliphatic heterocycles. The van der Waals surface area contributed by atoms with Gasteiger partial charge in [-0.15, -0.1) is 0 Å². The molecule has 1 unspecified atom stereocenters. The maximum absolute atomic E-state index is 6.10. The van der Waals surface area contributed by atoms with Crippen LogP contribution in [0.5, 0.6) is 5.75 Å². The average Bonchev–Trinajstić information content (AvgIpc) is 2.60. The number of fused-ring (bicyclic) bond motifs is 1. The van der Waals surface area contributed by atoms with E-state index in [0.29, 0.717) is 13.4 Å². The van der Waals surface area contributed by atoms with Gasteiger partial charge in [0.1, 0.15) is 5.75 Å². The molecule has 0 spiro atoms. The largest absolute Gasteiger partial charge is 0.561 e. The highest BCUT2D eigenvalue weighted by atomic mass is 16.4. The van der Waals surface area contributed by atoms with Crippen LogP contribution < -0.4 is 9.97 Å². The van der Waals surface area contributed by atoms with Crippen molar-refractivity contribution < 1.29 is 4.65 Å². The maximum Gasteiger partial charge on any atom is 0.362 e. The molecular weight excluding hydrogens is 317 g/mol. The van der Waals surface area contributed by atoms with Gasteiger partial charge in [0.15, 0.2) is 0 Å². The smallest absolute Gasteiger partial charge is 0.362 e. The summed E-state index contributed by atoms with van der Waals surface area (Å²) in [6, 6.07) is 6.42. The molecule has 26 heavy (non-hydrogen) atoms. The van der Waals surface area contributed by atoms with E-state index in [-0.39, 0.29) is 0 Å². The highest BCUT2D eigenvalue weighted by Crippen LogP contribution is 2.34. The van der Waals surface area contributed by atoms with Crippen LogP contribution in [0.2, 0.25) is 0 Å². The minimum Gasteiger partial charge on any atom is -0.561 e. The van der Waals surface area contributed by atoms with E-state index in [2.05, 4.69) is 50.2 Å². The molecule has 0 bridgehead atoms. The first kappa shape index (κ1) is 20.4. The first-order valence-corrected chi connectivity index (χ1v) is 10.0. The molecule has 1 aromatic carbocycles. The molecule has 0 amide bonds. The van der Waals surface area contributed by atoms with E-state index in [1.54, 1.807) is 0 Å². The lowest BCUT2D eigenvalue weighted by atomic mass is 9.78. The van der Waals surface area contributed by atoms with Crippen molar-refractivity contribution in [1.29, 1.82) is 0 Å². The fraction of sp³-hybridized carbons (Fsp3) is 0.478. The summed E-state index contributed by atoms with van der Waals surface area (Å²) in [5, 5.41) is 3.39. The van der Waals surface area contributed by atoms with Crippen molar-refractivity contribution in [2.45, 2.75) is 71.2 Å². The lowest BCUT2D eigenvalue weighted by molar-refractivity contribution is 0.514. The number of benzene rings is 1. The number of hydrogen-bond acceptors (Lipinski definition) is 2. The minimum absolute atomic E-state index is 0.301. The summed E-state index contributed by atoms with van der Waals surface area (Å²) >= 11 is 0. The molecule has 1 aliphatic rings. The molecule has 140 valence electrons. The van der Waals surface area contributed by atoms with Crippen molar-refractivity contribution in [2.75, 3.05) is 0 Å². The Balaban J connectivity index is 1.88. The highest BCUT2D eigenvalue weighted by Gasteiger charge is 2.24. The summed E-state index contributed by atoms with van der Waals surface area (Å²) in [6.45, 7) is 16.7. The summed E-state index contributed by atoms with van der Waals surface area (Å²) in [6.07, 6.45) is 9.21. The second-order valence-electron chi connectivity index (χ2n) is 7.59. The average molecular weight is 351 g/mol. The Hall–Kier alpha value is -1.90. The number of para-hydroxylation sites is 1. The zero-order chi connectivity index (χ0) is 18.9. The van der Waals surface area contributed by atoms with Crippen molar-refractivity contribution in [1.82, 2.24) is 5.32 Å². The SMILES string of the molecule is C=C(CCCCC)CCCC(=C)c1cccc2c1OBC(NC(=C)C)C2. The van der Waals surface area contributed by atoms with Crippen LogP contribution in [0.25, 0.3) is 5.57 Å². The normalized spacial score (nSPS) is 15.4. The monoisotopic (exact) mass is 351 g/mol. The van der Waals surface area contributed by atoms with Crippen LogP contribution in [0.15, 0.2) is 49.2 Å². The molecule has 0 aliphatic carbocycles. The van der Waals surface area contributed by atoms with E-state index in [4.69, 9.17) is 4.65 Å². The Bertz CT molecular complexity index is 650. The first-order valence-electron chi connectivity index (χ1n) is 10.0. The van der Waals surface area contributed by atoms with Gasteiger partial charge in [-0.1, -0.05) is 63.3 Å². The quantitative estimate of drug-likeness (QED) is 0.312. The van der Waals surface area contributed by atoms with Gasteiger partial charge in [-0.05, 0) is 62.3 Å². The van der Waals surface area contributed by atoms with Crippen LogP contribution in [-0.2, 0) is 6.42 Å². The minimum atomic E-state index is 0.301. The molecule has 1 N–H and O–H groups in total. The molecule has 1 aromatic rings. The van der Waals surface area contributed by atoms with Crippen LogP contribution in [0, 0.1) is 0 Å². The lowest BCUT2D eigenvalue weighted by Crippen LogP contribution is -2.41. The van der Waals surface area contributed by atoms with Gasteiger partial charge in [0, 0.05) is 11.5 Å². The summed E-state index contributed by atoms with van der Waals surface area (Å²) in [4.78, 5) is 0. The van der Waals surface area contributed by atoms with Gasteiger partial charge in [-0.2, -0.15) is 0 Å². The summed E-state index contributed by atoms with van der Waals surface area (Å²) < 4.78 is 6.10. The van der Waals surface area contributed by atoms with Crippen LogP contribution in [0.3, 0.4) is 0 Å². The van der Waals surface area contributed by atoms with Crippen LogP contribution >= 0.6 is 0 Å². The van der Waals surface area contributed by atoms with Gasteiger partial charge in [0.25, 0.3) is 0 Å². The van der Waals surface area contributed by atoms with Crippen molar-refractivity contribution in [3.8, 4) is 5.75 Å². The van der Waals surface area contributed by atoms with Gasteiger partial charge in [-0.25, -0.2) is 0 Å². The zero-order valence-electron chi connectivity index (χ0n) is 16.7. The second-order valence-corrected chi connectivity index (χ2v) is 7.59. The standard InChI is InChI=1S/C23H34BNO/c1-6-7-8-11-18(4)12-9-13-19(5)21-15-10-14-20-16-22(25-17(2)3)24-26-23(20)21/h10,14-15,22,24-25H,2,4-9,11-13,16H2,1,3H3. The van der Waals surface area contributed by atoms with Crippen molar-refractivity contribution in [3.63, 3.8) is 0 Å². The first-order chi connectivity index (χ1) is 12.5. The lowest BCUT2D eigenvalue weighted by Gasteiger charge is -2.28. The Morgan fingerprint density at radius 1 is 1.15 bits per heavy atom. The fourth-order valence-electron chi connectivity index (χ4n) is 3.58. The van der Waals surface area contributed by atoms with Crippen LogP contribution in [-0.4, -0.2) is 13.4 Å². The van der Waals surface area contributed by atoms with Gasteiger partial charge in [0.2, 0.25) is 0 Å². The van der Waals surface area contributed by atoms with Gasteiger partial charge in [0.05, 0.1) is 0 Å². The van der Waals surface area contributed by atoms with Gasteiger partial charge < -0.3 is 9.97 Å². The van der Waals surface area contributed by atoms with Crippen molar-refractivity contribution in [3.05, 3.63) is 60.3 Å². The van der Waals surface area contributed by atoms with E-state index in [1.807, 2.05) is 6.92 Å². The van der Waals surface area contributed by atoms with Crippen molar-refractivity contribution in [2.24, 2.45) is 0 Å². The third-order valence-corrected chi connectivity index (χ3v) is 4.97. The van der Waals surface area contributed by atoms with E-state index in [9.17, 15) is 0 Å². The summed E-state index contributed by atoms with van der Waals surface area (Å²) in [5.74, 6) is 1.33. The topological polar surface area (TPSA) is 21.3 Å². The third-order valence-electron chi connectivity index (χ3n) is 4.97. The number of hydrogen-bond donors (Lipinski definition) is 1. The van der Waals surface area contributed by atoms with Gasteiger partial charge in [-0.3, -0.25) is 0 Å². The molecule has 0 fully saturated rings. The summed E-state index contributed by atoms with van der Waals surface area (Å²) in [7, 11) is 0.679. The summed E-state index contributed by atoms with van der Waals surface area (Å²) in [5.41, 5.74) is 5.98. The van der Waals surface area contributed by atoms with E-state index < -0.39 is 0 Å². The third kappa shape index (κ3) is 6.12. The number of allylic oxidation sites excluding steroid dienone is 3. The molecule has 1 atom stereocenters. The Labute approximate surface area is 160 Å². The highest BCUT2D eigenvalue weighted by molar-refractivity contribution is 6.31. The molecule has 0 saturated heterocycles. The molecular formula is C23H34BNO. The maximum atomic E-state index is 6.10. The number of unbranched alkanes of at least 4 members (excludes halogenated alkanes) is 2. The molecule has 2 rings (SSSR count). The zero-order valence-corrected chi connectivity index (χ0v) is 16.7. The predicted octanol–water partition coefficient (Wildman–Crippen LogP) is 5.74. The van der Waals surface area contributed by atoms with Crippen LogP contribution in [0.1, 0.15) is 69.9 Å². The van der Waals surface area contributed by atoms with Gasteiger partial charge >= 0.3 is 7.48 Å². The molecule has 2 nitrogen and oxygen atoms in total. The van der Waals surface area contributed by atoms with Crippen LogP contribution in [0.4, 0.5) is 0 Å². The molecule has 1 heterocycles. The molecule has 3 heteroatoms. The molecule has 0 saturated carbocycles. The Morgan fingerprint density at radius 3 is 2.65 bits per heavy atom. The fourth-order valence-corrected chi connectivity index (χ4v) is 3.58. The Morgan fingerprint density at radius 2 is 1.92 bits per heavy atom. The van der Waals surface area contributed by atoms with E-state index >= 15 is 0 Å². The Kier molecular flexibility index (Phi) is 8.09. The van der Waals surface area contributed by atoms with E-state index in [0.717, 1.165) is 37.1 Å². The number of rotatable bonds is 11. The predicted molar refractivity (Wildman–Crippen MR) is 116 cm³/mol. The molecule has 0 aromatic heterocycles. The number of nitrogens with one attached hydrogen (secondary N) is 1.